The second-order valence-electron chi connectivity index (χ2n) is 9.86. The maximum atomic E-state index is 13.8. The van der Waals surface area contributed by atoms with Crippen LogP contribution in [-0.2, 0) is 47.7 Å². The van der Waals surface area contributed by atoms with E-state index in [2.05, 4.69) is 4.99 Å². The van der Waals surface area contributed by atoms with Gasteiger partial charge in [0.05, 0.1) is 12.8 Å². The molecule has 0 bridgehead atoms. The first kappa shape index (κ1) is 33.2. The molecule has 0 radical (unpaired) electrons. The lowest BCUT2D eigenvalue weighted by molar-refractivity contribution is -0.237. The van der Waals surface area contributed by atoms with Crippen molar-refractivity contribution in [3.05, 3.63) is 65.9 Å². The molecule has 1 saturated heterocycles. The molecule has 5 atom stereocenters. The summed E-state index contributed by atoms with van der Waals surface area (Å²) in [6.07, 6.45) is -3.55. The Bertz CT molecular complexity index is 1490. The maximum Gasteiger partial charge on any atom is 0.303 e. The molecule has 4 rings (SSSR count). The van der Waals surface area contributed by atoms with E-state index in [1.54, 1.807) is 67.8 Å². The van der Waals surface area contributed by atoms with E-state index in [0.717, 1.165) is 32.5 Å². The van der Waals surface area contributed by atoms with E-state index in [-0.39, 0.29) is 17.5 Å². The zero-order valence-corrected chi connectivity index (χ0v) is 26.0. The number of aliphatic imine (C=N–C) groups is 1. The molecule has 2 aliphatic rings. The van der Waals surface area contributed by atoms with Gasteiger partial charge in [0.2, 0.25) is 0 Å². The number of amidine groups is 1. The van der Waals surface area contributed by atoms with Crippen LogP contribution in [0, 0.1) is 0 Å². The molecule has 2 heterocycles. The molecule has 0 spiro atoms. The Balaban J connectivity index is 1.77. The van der Waals surface area contributed by atoms with Gasteiger partial charge in [-0.3, -0.25) is 28.9 Å². The third-order valence-electron chi connectivity index (χ3n) is 6.43. The number of nitrogens with zero attached hydrogens (tertiary/aromatic N) is 2. The quantitative estimate of drug-likeness (QED) is 0.224. The number of amides is 1. The van der Waals surface area contributed by atoms with Crippen molar-refractivity contribution in [3.8, 4) is 5.75 Å². The molecule has 2 aromatic rings. The van der Waals surface area contributed by atoms with Gasteiger partial charge in [0.25, 0.3) is 5.91 Å². The van der Waals surface area contributed by atoms with Crippen molar-refractivity contribution >= 4 is 58.5 Å². The number of esters is 4. The lowest BCUT2D eigenvalue weighted by Gasteiger charge is -2.44. The van der Waals surface area contributed by atoms with Crippen molar-refractivity contribution in [2.24, 2.45) is 4.99 Å². The summed E-state index contributed by atoms with van der Waals surface area (Å²) in [7, 11) is 1.55. The highest BCUT2D eigenvalue weighted by Crippen LogP contribution is 2.38. The SMILES string of the molecule is COc1ccc(C=C2N=C(SC3OC(COC(C)=O)C(OC(C)=O)C(OC(C)=O)C3OC(C)=O)N(c3ccccc3)C2=O)cc1. The molecule has 2 aromatic carbocycles. The standard InChI is InChI=1S/C31H32N2O11S/c1-17(34)40-16-25-26(41-18(2)35)27(42-19(3)36)28(43-20(4)37)30(44-25)45-31-32-24(15-21-11-13-23(39-5)14-12-21)29(38)33(31)22-9-7-6-8-10-22/h6-15,25-28,30H,16H2,1-5H3. The van der Waals surface area contributed by atoms with Gasteiger partial charge < -0.3 is 28.4 Å². The fraction of sp³-hybridized carbons (Fsp3) is 0.355. The van der Waals surface area contributed by atoms with Gasteiger partial charge in [-0.05, 0) is 35.9 Å². The van der Waals surface area contributed by atoms with E-state index in [0.29, 0.717) is 17.0 Å². The largest absolute Gasteiger partial charge is 0.497 e. The van der Waals surface area contributed by atoms with Gasteiger partial charge in [0.15, 0.2) is 28.9 Å². The normalized spacial score (nSPS) is 23.6. The Kier molecular flexibility index (Phi) is 11.0. The molecule has 238 valence electrons. The van der Waals surface area contributed by atoms with Crippen molar-refractivity contribution in [1.29, 1.82) is 0 Å². The Labute approximate surface area is 263 Å². The summed E-state index contributed by atoms with van der Waals surface area (Å²) in [5.41, 5.74) is 0.118. The number of methoxy groups -OCH3 is 1. The smallest absolute Gasteiger partial charge is 0.303 e. The minimum atomic E-state index is -1.36. The maximum absolute atomic E-state index is 13.8. The van der Waals surface area contributed by atoms with Crippen LogP contribution in [0.3, 0.4) is 0 Å². The Morgan fingerprint density at radius 2 is 1.44 bits per heavy atom. The van der Waals surface area contributed by atoms with Crippen LogP contribution in [0.25, 0.3) is 6.08 Å². The molecule has 0 saturated carbocycles. The monoisotopic (exact) mass is 640 g/mol. The van der Waals surface area contributed by atoms with Gasteiger partial charge in [0, 0.05) is 27.7 Å². The summed E-state index contributed by atoms with van der Waals surface area (Å²) in [5.74, 6) is -2.67. The van der Waals surface area contributed by atoms with E-state index in [9.17, 15) is 24.0 Å². The predicted molar refractivity (Wildman–Crippen MR) is 162 cm³/mol. The fourth-order valence-electron chi connectivity index (χ4n) is 4.63. The third kappa shape index (κ3) is 8.48. The lowest BCUT2D eigenvalue weighted by Crippen LogP contribution is -2.61. The minimum absolute atomic E-state index is 0.108. The number of para-hydroxylation sites is 1. The van der Waals surface area contributed by atoms with Crippen molar-refractivity contribution in [3.63, 3.8) is 0 Å². The number of rotatable bonds is 9. The van der Waals surface area contributed by atoms with E-state index < -0.39 is 59.6 Å². The van der Waals surface area contributed by atoms with Crippen molar-refractivity contribution < 1.29 is 52.4 Å². The lowest BCUT2D eigenvalue weighted by atomic mass is 9.99. The molecule has 1 fully saturated rings. The second kappa shape index (κ2) is 14.9. The number of anilines is 1. The average Bonchev–Trinajstić information content (AvgIpc) is 3.29. The summed E-state index contributed by atoms with van der Waals surface area (Å²) in [4.78, 5) is 68.0. The number of hydrogen-bond donors (Lipinski definition) is 0. The molecule has 2 aliphatic heterocycles. The number of carbonyl (C=O) groups is 5. The number of carbonyl (C=O) groups excluding carboxylic acids is 5. The summed E-state index contributed by atoms with van der Waals surface area (Å²) in [5, 5.41) is 0.159. The van der Waals surface area contributed by atoms with E-state index in [4.69, 9.17) is 28.4 Å². The molecule has 0 N–H and O–H groups in total. The van der Waals surface area contributed by atoms with Gasteiger partial charge >= 0.3 is 23.9 Å². The van der Waals surface area contributed by atoms with E-state index in [1.807, 2.05) is 0 Å². The molecule has 0 aromatic heterocycles. The summed E-state index contributed by atoms with van der Waals surface area (Å²) in [6, 6.07) is 15.8. The van der Waals surface area contributed by atoms with Crippen LogP contribution in [-0.4, -0.2) is 78.5 Å². The van der Waals surface area contributed by atoms with Crippen LogP contribution >= 0.6 is 11.8 Å². The number of benzene rings is 2. The topological polar surface area (TPSA) is 156 Å². The first-order valence-corrected chi connectivity index (χ1v) is 14.7. The van der Waals surface area contributed by atoms with Crippen LogP contribution in [0.5, 0.6) is 5.75 Å². The number of ether oxygens (including phenoxy) is 6. The second-order valence-corrected chi connectivity index (χ2v) is 10.9. The molecule has 1 amide bonds. The van der Waals surface area contributed by atoms with Crippen LogP contribution in [0.15, 0.2) is 65.3 Å². The minimum Gasteiger partial charge on any atom is -0.497 e. The summed E-state index contributed by atoms with van der Waals surface area (Å²) in [6.45, 7) is 4.24. The van der Waals surface area contributed by atoms with Crippen molar-refractivity contribution in [2.75, 3.05) is 18.6 Å². The molecular weight excluding hydrogens is 608 g/mol. The van der Waals surface area contributed by atoms with Gasteiger partial charge in [-0.25, -0.2) is 4.99 Å². The van der Waals surface area contributed by atoms with Crippen molar-refractivity contribution in [2.45, 2.75) is 57.5 Å². The zero-order chi connectivity index (χ0) is 32.7. The number of thioether (sulfide) groups is 1. The first-order valence-electron chi connectivity index (χ1n) is 13.8. The summed E-state index contributed by atoms with van der Waals surface area (Å²) < 4.78 is 33.2. The Morgan fingerprint density at radius 3 is 2.02 bits per heavy atom. The van der Waals surface area contributed by atoms with Gasteiger partial charge in [-0.15, -0.1) is 0 Å². The fourth-order valence-corrected chi connectivity index (χ4v) is 5.82. The summed E-state index contributed by atoms with van der Waals surface area (Å²) >= 11 is 0.918. The molecule has 13 nitrogen and oxygen atoms in total. The van der Waals surface area contributed by atoms with Crippen LogP contribution in [0.1, 0.15) is 33.3 Å². The third-order valence-corrected chi connectivity index (χ3v) is 7.53. The molecule has 0 aliphatic carbocycles. The van der Waals surface area contributed by atoms with Crippen LogP contribution in [0.4, 0.5) is 5.69 Å². The Morgan fingerprint density at radius 1 is 0.844 bits per heavy atom. The zero-order valence-electron chi connectivity index (χ0n) is 25.2. The highest BCUT2D eigenvalue weighted by molar-refractivity contribution is 8.14. The van der Waals surface area contributed by atoms with Gasteiger partial charge in [-0.2, -0.15) is 0 Å². The van der Waals surface area contributed by atoms with E-state index >= 15 is 0 Å². The van der Waals surface area contributed by atoms with Gasteiger partial charge in [-0.1, -0.05) is 42.1 Å². The van der Waals surface area contributed by atoms with Crippen molar-refractivity contribution in [1.82, 2.24) is 0 Å². The number of hydrogen-bond acceptors (Lipinski definition) is 13. The molecule has 5 unspecified atom stereocenters. The highest BCUT2D eigenvalue weighted by Gasteiger charge is 2.53. The molecular formula is C31H32N2O11S. The molecule has 45 heavy (non-hydrogen) atoms. The van der Waals surface area contributed by atoms with Crippen LogP contribution in [0.2, 0.25) is 0 Å². The predicted octanol–water partition coefficient (Wildman–Crippen LogP) is 3.26. The average molecular weight is 641 g/mol. The van der Waals surface area contributed by atoms with E-state index in [1.165, 1.54) is 11.8 Å². The highest BCUT2D eigenvalue weighted by atomic mass is 32.2. The Hall–Kier alpha value is -4.69. The van der Waals surface area contributed by atoms with Gasteiger partial charge in [0.1, 0.15) is 24.2 Å². The van der Waals surface area contributed by atoms with Crippen LogP contribution < -0.4 is 9.64 Å². The molecule has 14 heteroatoms. The first-order chi connectivity index (χ1) is 21.5.